The van der Waals surface area contributed by atoms with Gasteiger partial charge in [-0.1, -0.05) is 57.2 Å². The third kappa shape index (κ3) is 4.42. The first-order valence-corrected chi connectivity index (χ1v) is 9.62. The molecule has 0 spiro atoms. The van der Waals surface area contributed by atoms with Gasteiger partial charge in [0.2, 0.25) is 5.91 Å². The summed E-state index contributed by atoms with van der Waals surface area (Å²) in [5.41, 5.74) is 4.63. The average molecular weight is 380 g/mol. The molecule has 5 heteroatoms. The third-order valence-electron chi connectivity index (χ3n) is 4.88. The number of hydrogen-bond donors (Lipinski definition) is 1. The zero-order valence-electron chi connectivity index (χ0n) is 17.3. The molecule has 28 heavy (non-hydrogen) atoms. The van der Waals surface area contributed by atoms with E-state index in [1.807, 2.05) is 25.1 Å². The third-order valence-corrected chi connectivity index (χ3v) is 4.88. The van der Waals surface area contributed by atoms with Gasteiger partial charge in [-0.2, -0.15) is 0 Å². The van der Waals surface area contributed by atoms with Crippen molar-refractivity contribution in [3.05, 3.63) is 65.5 Å². The molecule has 0 bridgehead atoms. The number of nitrogens with zero attached hydrogens (tertiary/aromatic N) is 2. The first kappa shape index (κ1) is 20.1. The summed E-state index contributed by atoms with van der Waals surface area (Å²) in [6.45, 7) is 9.34. The molecular weight excluding hydrogens is 350 g/mol. The minimum Gasteiger partial charge on any atom is -0.375 e. The van der Waals surface area contributed by atoms with Crippen LogP contribution in [0.2, 0.25) is 0 Å². The summed E-state index contributed by atoms with van der Waals surface area (Å²) in [7, 11) is 1.51. The van der Waals surface area contributed by atoms with E-state index in [-0.39, 0.29) is 24.0 Å². The van der Waals surface area contributed by atoms with E-state index in [4.69, 9.17) is 9.72 Å². The topological polar surface area (TPSA) is 56.1 Å². The van der Waals surface area contributed by atoms with Gasteiger partial charge in [-0.3, -0.25) is 4.79 Å². The lowest BCUT2D eigenvalue weighted by molar-refractivity contribution is -0.125. The van der Waals surface area contributed by atoms with Crippen molar-refractivity contribution in [1.82, 2.24) is 14.9 Å². The van der Waals surface area contributed by atoms with E-state index in [1.54, 1.807) is 0 Å². The number of hydrogen-bond acceptors (Lipinski definition) is 3. The number of para-hydroxylation sites is 2. The van der Waals surface area contributed by atoms with Crippen LogP contribution in [0.1, 0.15) is 50.7 Å². The fraction of sp³-hybridized carbons (Fsp3) is 0.391. The Morgan fingerprint density at radius 3 is 2.46 bits per heavy atom. The van der Waals surface area contributed by atoms with Crippen LogP contribution in [0.3, 0.4) is 0 Å². The molecule has 0 aliphatic heterocycles. The van der Waals surface area contributed by atoms with E-state index in [0.717, 1.165) is 16.9 Å². The Labute approximate surface area is 166 Å². The summed E-state index contributed by atoms with van der Waals surface area (Å²) in [5.74, 6) is 0.689. The highest BCUT2D eigenvalue weighted by Crippen LogP contribution is 2.25. The van der Waals surface area contributed by atoms with Crippen molar-refractivity contribution >= 4 is 16.9 Å². The van der Waals surface area contributed by atoms with Crippen LogP contribution in [0.4, 0.5) is 0 Å². The molecule has 0 saturated heterocycles. The number of imidazole rings is 1. The lowest BCUT2D eigenvalue weighted by atomic mass is 9.87. The van der Waals surface area contributed by atoms with Crippen molar-refractivity contribution < 1.29 is 9.53 Å². The van der Waals surface area contributed by atoms with Crippen LogP contribution in [0.15, 0.2) is 48.5 Å². The number of fused-ring (bicyclic) bond motifs is 1. The Hall–Kier alpha value is -2.66. The standard InChI is InChI=1S/C23H29N3O2/c1-16(24-21(27)15-28-5)22-25-19-8-6-7-9-20(19)26(22)14-17-10-12-18(13-11-17)23(2,3)4/h6-13,16H,14-15H2,1-5H3,(H,24,27). The predicted molar refractivity (Wildman–Crippen MR) is 112 cm³/mol. The number of amides is 1. The van der Waals surface area contributed by atoms with E-state index < -0.39 is 0 Å². The van der Waals surface area contributed by atoms with Gasteiger partial charge in [0, 0.05) is 13.7 Å². The molecule has 0 aliphatic carbocycles. The molecule has 1 atom stereocenters. The second kappa shape index (κ2) is 8.15. The highest BCUT2D eigenvalue weighted by Gasteiger charge is 2.19. The molecule has 1 aromatic heterocycles. The molecule has 1 N–H and O–H groups in total. The van der Waals surface area contributed by atoms with Crippen molar-refractivity contribution in [2.24, 2.45) is 0 Å². The van der Waals surface area contributed by atoms with Gasteiger partial charge < -0.3 is 14.6 Å². The molecule has 2 aromatic carbocycles. The highest BCUT2D eigenvalue weighted by atomic mass is 16.5. The van der Waals surface area contributed by atoms with E-state index in [2.05, 4.69) is 61.0 Å². The summed E-state index contributed by atoms with van der Waals surface area (Å²) >= 11 is 0. The van der Waals surface area contributed by atoms with Crippen LogP contribution in [-0.4, -0.2) is 29.2 Å². The Morgan fingerprint density at radius 1 is 1.14 bits per heavy atom. The van der Waals surface area contributed by atoms with Crippen LogP contribution in [0.5, 0.6) is 0 Å². The summed E-state index contributed by atoms with van der Waals surface area (Å²) in [4.78, 5) is 16.8. The Kier molecular flexibility index (Phi) is 5.84. The monoisotopic (exact) mass is 379 g/mol. The van der Waals surface area contributed by atoms with Crippen LogP contribution in [-0.2, 0) is 21.5 Å². The van der Waals surface area contributed by atoms with Crippen LogP contribution < -0.4 is 5.32 Å². The average Bonchev–Trinajstić information content (AvgIpc) is 3.00. The highest BCUT2D eigenvalue weighted by molar-refractivity contribution is 5.78. The molecule has 1 heterocycles. The minimum atomic E-state index is -0.219. The van der Waals surface area contributed by atoms with Gasteiger partial charge >= 0.3 is 0 Å². The normalized spacial score (nSPS) is 12.9. The number of ether oxygens (including phenoxy) is 1. The number of nitrogens with one attached hydrogen (secondary N) is 1. The van der Waals surface area contributed by atoms with Crippen molar-refractivity contribution in [3.8, 4) is 0 Å². The molecule has 0 fully saturated rings. The number of aromatic nitrogens is 2. The summed E-state index contributed by atoms with van der Waals surface area (Å²) in [6.07, 6.45) is 0. The van der Waals surface area contributed by atoms with Gasteiger partial charge in [-0.15, -0.1) is 0 Å². The van der Waals surface area contributed by atoms with E-state index in [1.165, 1.54) is 18.2 Å². The van der Waals surface area contributed by atoms with Gasteiger partial charge in [-0.05, 0) is 35.6 Å². The summed E-state index contributed by atoms with van der Waals surface area (Å²) < 4.78 is 7.10. The van der Waals surface area contributed by atoms with Gasteiger partial charge in [0.15, 0.2) is 0 Å². The van der Waals surface area contributed by atoms with E-state index in [9.17, 15) is 4.79 Å². The maximum Gasteiger partial charge on any atom is 0.246 e. The molecule has 5 nitrogen and oxygen atoms in total. The number of rotatable bonds is 6. The lowest BCUT2D eigenvalue weighted by Gasteiger charge is -2.20. The predicted octanol–water partition coefficient (Wildman–Crippen LogP) is 4.21. The van der Waals surface area contributed by atoms with Crippen molar-refractivity contribution in [3.63, 3.8) is 0 Å². The van der Waals surface area contributed by atoms with Crippen LogP contribution in [0.25, 0.3) is 11.0 Å². The number of benzene rings is 2. The molecule has 0 radical (unpaired) electrons. The van der Waals surface area contributed by atoms with Gasteiger partial charge in [0.25, 0.3) is 0 Å². The minimum absolute atomic E-state index is 0.0405. The number of carbonyl (C=O) groups excluding carboxylic acids is 1. The lowest BCUT2D eigenvalue weighted by Crippen LogP contribution is -2.31. The van der Waals surface area contributed by atoms with Crippen molar-refractivity contribution in [2.75, 3.05) is 13.7 Å². The molecule has 1 amide bonds. The second-order valence-electron chi connectivity index (χ2n) is 8.21. The molecular formula is C23H29N3O2. The second-order valence-corrected chi connectivity index (χ2v) is 8.21. The maximum atomic E-state index is 12.0. The molecule has 0 aliphatic rings. The van der Waals surface area contributed by atoms with E-state index >= 15 is 0 Å². The molecule has 1 unspecified atom stereocenters. The van der Waals surface area contributed by atoms with Crippen LogP contribution in [0, 0.1) is 0 Å². The fourth-order valence-electron chi connectivity index (χ4n) is 3.36. The fourth-order valence-corrected chi connectivity index (χ4v) is 3.36. The number of methoxy groups -OCH3 is 1. The smallest absolute Gasteiger partial charge is 0.246 e. The van der Waals surface area contributed by atoms with Gasteiger partial charge in [-0.25, -0.2) is 4.98 Å². The molecule has 148 valence electrons. The first-order valence-electron chi connectivity index (χ1n) is 9.62. The maximum absolute atomic E-state index is 12.0. The van der Waals surface area contributed by atoms with Gasteiger partial charge in [0.05, 0.1) is 17.1 Å². The summed E-state index contributed by atoms with van der Waals surface area (Å²) in [5, 5.41) is 2.97. The Morgan fingerprint density at radius 2 is 1.82 bits per heavy atom. The van der Waals surface area contributed by atoms with Crippen molar-refractivity contribution in [1.29, 1.82) is 0 Å². The first-order chi connectivity index (χ1) is 13.3. The largest absolute Gasteiger partial charge is 0.375 e. The zero-order valence-corrected chi connectivity index (χ0v) is 17.3. The number of carbonyl (C=O) groups is 1. The molecule has 0 saturated carbocycles. The SMILES string of the molecule is COCC(=O)NC(C)c1nc2ccccc2n1Cc1ccc(C(C)(C)C)cc1. The molecule has 3 rings (SSSR count). The summed E-state index contributed by atoms with van der Waals surface area (Å²) in [6, 6.07) is 16.6. The van der Waals surface area contributed by atoms with E-state index in [0.29, 0.717) is 6.54 Å². The zero-order chi connectivity index (χ0) is 20.3. The van der Waals surface area contributed by atoms with Crippen LogP contribution >= 0.6 is 0 Å². The van der Waals surface area contributed by atoms with Crippen molar-refractivity contribution in [2.45, 2.75) is 45.7 Å². The Bertz CT molecular complexity index is 952. The molecule has 3 aromatic rings. The quantitative estimate of drug-likeness (QED) is 0.698. The Balaban J connectivity index is 1.94. The van der Waals surface area contributed by atoms with Gasteiger partial charge in [0.1, 0.15) is 12.4 Å².